The molecule has 0 unspecified atom stereocenters. The summed E-state index contributed by atoms with van der Waals surface area (Å²) in [5.74, 6) is -0.0459. The van der Waals surface area contributed by atoms with E-state index in [-0.39, 0.29) is 11.5 Å². The van der Waals surface area contributed by atoms with Gasteiger partial charge in [0.15, 0.2) is 0 Å². The van der Waals surface area contributed by atoms with E-state index in [1.165, 1.54) is 16.2 Å². The molecule has 1 aromatic carbocycles. The van der Waals surface area contributed by atoms with Crippen LogP contribution in [0.4, 0.5) is 0 Å². The Labute approximate surface area is 142 Å². The molecule has 0 radical (unpaired) electrons. The average molecular weight is 325 g/mol. The number of aryl methyl sites for hydroxylation is 1. The van der Waals surface area contributed by atoms with Crippen molar-refractivity contribution in [1.29, 1.82) is 0 Å². The molecule has 2 aromatic rings. The highest BCUT2D eigenvalue weighted by molar-refractivity contribution is 5.94. The first-order valence-corrected chi connectivity index (χ1v) is 8.36. The molecule has 0 saturated carbocycles. The Morgan fingerprint density at radius 2 is 1.75 bits per heavy atom. The fourth-order valence-electron chi connectivity index (χ4n) is 2.97. The van der Waals surface area contributed by atoms with Crippen molar-refractivity contribution < 1.29 is 4.79 Å². The highest BCUT2D eigenvalue weighted by atomic mass is 16.2. The zero-order valence-electron chi connectivity index (χ0n) is 14.0. The number of hydrogen-bond donors (Lipinski definition) is 0. The SMILES string of the molecule is Cn1ccc(C(=O)N2CCN(CCc3ccccc3)CC2)cc1=O. The maximum atomic E-state index is 12.5. The number of piperazine rings is 1. The number of aromatic nitrogens is 1. The molecule has 1 aliphatic heterocycles. The number of nitrogens with zero attached hydrogens (tertiary/aromatic N) is 3. The van der Waals surface area contributed by atoms with Crippen molar-refractivity contribution >= 4 is 5.91 Å². The Bertz CT molecular complexity index is 747. The second-order valence-electron chi connectivity index (χ2n) is 6.23. The number of pyridine rings is 1. The number of amides is 1. The Morgan fingerprint density at radius 3 is 2.42 bits per heavy atom. The zero-order valence-corrected chi connectivity index (χ0v) is 14.0. The van der Waals surface area contributed by atoms with Gasteiger partial charge in [-0.15, -0.1) is 0 Å². The molecule has 2 heterocycles. The van der Waals surface area contributed by atoms with Gasteiger partial charge in [0.25, 0.3) is 11.5 Å². The lowest BCUT2D eigenvalue weighted by Gasteiger charge is -2.34. The minimum absolute atomic E-state index is 0.0459. The van der Waals surface area contributed by atoms with E-state index in [1.54, 1.807) is 19.3 Å². The van der Waals surface area contributed by atoms with Crippen LogP contribution in [0.25, 0.3) is 0 Å². The molecule has 3 rings (SSSR count). The van der Waals surface area contributed by atoms with Gasteiger partial charge in [0.05, 0.1) is 0 Å². The molecule has 5 nitrogen and oxygen atoms in total. The minimum atomic E-state index is -0.151. The predicted octanol–water partition coefficient (Wildman–Crippen LogP) is 1.39. The van der Waals surface area contributed by atoms with Gasteiger partial charge in [0, 0.05) is 57.6 Å². The maximum Gasteiger partial charge on any atom is 0.254 e. The Hall–Kier alpha value is -2.40. The van der Waals surface area contributed by atoms with Crippen LogP contribution in [0, 0.1) is 0 Å². The highest BCUT2D eigenvalue weighted by Gasteiger charge is 2.22. The predicted molar refractivity (Wildman–Crippen MR) is 94.2 cm³/mol. The van der Waals surface area contributed by atoms with Crippen molar-refractivity contribution in [1.82, 2.24) is 14.4 Å². The first kappa shape index (κ1) is 16.5. The van der Waals surface area contributed by atoms with Gasteiger partial charge in [-0.2, -0.15) is 0 Å². The first-order valence-electron chi connectivity index (χ1n) is 8.36. The fraction of sp³-hybridized carbons (Fsp3) is 0.368. The summed E-state index contributed by atoms with van der Waals surface area (Å²) in [5.41, 5.74) is 1.68. The highest BCUT2D eigenvalue weighted by Crippen LogP contribution is 2.09. The maximum absolute atomic E-state index is 12.5. The molecule has 126 valence electrons. The molecule has 1 aliphatic rings. The summed E-state index contributed by atoms with van der Waals surface area (Å²) >= 11 is 0. The second-order valence-corrected chi connectivity index (χ2v) is 6.23. The summed E-state index contributed by atoms with van der Waals surface area (Å²) < 4.78 is 1.47. The third kappa shape index (κ3) is 3.92. The van der Waals surface area contributed by atoms with Crippen molar-refractivity contribution in [3.05, 3.63) is 70.1 Å². The van der Waals surface area contributed by atoms with Gasteiger partial charge in [-0.25, -0.2) is 0 Å². The monoisotopic (exact) mass is 325 g/mol. The molecule has 1 saturated heterocycles. The molecule has 0 aliphatic carbocycles. The van der Waals surface area contributed by atoms with Crippen LogP contribution in [0.3, 0.4) is 0 Å². The Morgan fingerprint density at radius 1 is 1.04 bits per heavy atom. The molecular weight excluding hydrogens is 302 g/mol. The van der Waals surface area contributed by atoms with E-state index in [0.29, 0.717) is 18.7 Å². The van der Waals surface area contributed by atoms with Crippen LogP contribution in [0.5, 0.6) is 0 Å². The molecule has 0 bridgehead atoms. The van der Waals surface area contributed by atoms with E-state index in [2.05, 4.69) is 29.2 Å². The fourth-order valence-corrected chi connectivity index (χ4v) is 2.97. The molecule has 5 heteroatoms. The van der Waals surface area contributed by atoms with Crippen molar-refractivity contribution in [2.45, 2.75) is 6.42 Å². The van der Waals surface area contributed by atoms with Crippen molar-refractivity contribution in [2.24, 2.45) is 7.05 Å². The summed E-state index contributed by atoms with van der Waals surface area (Å²) in [5, 5.41) is 0. The Kier molecular flexibility index (Phi) is 5.11. The molecule has 0 spiro atoms. The minimum Gasteiger partial charge on any atom is -0.336 e. The van der Waals surface area contributed by atoms with Crippen LogP contribution in [0.2, 0.25) is 0 Å². The zero-order chi connectivity index (χ0) is 16.9. The van der Waals surface area contributed by atoms with Gasteiger partial charge in [-0.1, -0.05) is 30.3 Å². The van der Waals surface area contributed by atoms with Crippen LogP contribution >= 0.6 is 0 Å². The lowest BCUT2D eigenvalue weighted by molar-refractivity contribution is 0.0638. The number of hydrogen-bond acceptors (Lipinski definition) is 3. The van der Waals surface area contributed by atoms with Crippen LogP contribution in [0.1, 0.15) is 15.9 Å². The number of carbonyl (C=O) groups excluding carboxylic acids is 1. The number of carbonyl (C=O) groups is 1. The summed E-state index contributed by atoms with van der Waals surface area (Å²) in [4.78, 5) is 28.4. The van der Waals surface area contributed by atoms with Crippen LogP contribution in [-0.4, -0.2) is 53.0 Å². The molecular formula is C19H23N3O2. The normalized spacial score (nSPS) is 15.5. The van der Waals surface area contributed by atoms with E-state index < -0.39 is 0 Å². The molecule has 1 amide bonds. The standard InChI is InChI=1S/C19H23N3O2/c1-20-9-8-17(15-18(20)23)19(24)22-13-11-21(12-14-22)10-7-16-5-3-2-4-6-16/h2-6,8-9,15H,7,10-14H2,1H3. The van der Waals surface area contributed by atoms with Gasteiger partial charge in [0.2, 0.25) is 0 Å². The first-order chi connectivity index (χ1) is 11.6. The lowest BCUT2D eigenvalue weighted by Crippen LogP contribution is -2.49. The van der Waals surface area contributed by atoms with Crippen LogP contribution in [-0.2, 0) is 13.5 Å². The van der Waals surface area contributed by atoms with E-state index in [1.807, 2.05) is 11.0 Å². The van der Waals surface area contributed by atoms with Crippen molar-refractivity contribution in [2.75, 3.05) is 32.7 Å². The van der Waals surface area contributed by atoms with Crippen LogP contribution in [0.15, 0.2) is 53.5 Å². The largest absolute Gasteiger partial charge is 0.336 e. The summed E-state index contributed by atoms with van der Waals surface area (Å²) in [6, 6.07) is 13.6. The van der Waals surface area contributed by atoms with E-state index in [0.717, 1.165) is 26.1 Å². The molecule has 0 atom stereocenters. The number of benzene rings is 1. The lowest BCUT2D eigenvalue weighted by atomic mass is 10.1. The topological polar surface area (TPSA) is 45.6 Å². The third-order valence-corrected chi connectivity index (χ3v) is 4.57. The van der Waals surface area contributed by atoms with Crippen molar-refractivity contribution in [3.63, 3.8) is 0 Å². The summed E-state index contributed by atoms with van der Waals surface area (Å²) in [6.45, 7) is 4.19. The van der Waals surface area contributed by atoms with Gasteiger partial charge in [-0.3, -0.25) is 14.5 Å². The smallest absolute Gasteiger partial charge is 0.254 e. The number of rotatable bonds is 4. The second kappa shape index (κ2) is 7.45. The molecule has 1 fully saturated rings. The van der Waals surface area contributed by atoms with Gasteiger partial charge >= 0.3 is 0 Å². The van der Waals surface area contributed by atoms with Gasteiger partial charge in [0.1, 0.15) is 0 Å². The van der Waals surface area contributed by atoms with Gasteiger partial charge < -0.3 is 9.47 Å². The van der Waals surface area contributed by atoms with E-state index >= 15 is 0 Å². The average Bonchev–Trinajstić information content (AvgIpc) is 2.63. The van der Waals surface area contributed by atoms with Crippen LogP contribution < -0.4 is 5.56 Å². The molecule has 1 aromatic heterocycles. The van der Waals surface area contributed by atoms with Crippen molar-refractivity contribution in [3.8, 4) is 0 Å². The molecule has 24 heavy (non-hydrogen) atoms. The van der Waals surface area contributed by atoms with Gasteiger partial charge in [-0.05, 0) is 18.1 Å². The summed E-state index contributed by atoms with van der Waals surface area (Å²) in [7, 11) is 1.68. The quantitative estimate of drug-likeness (QED) is 0.853. The van der Waals surface area contributed by atoms with E-state index in [4.69, 9.17) is 0 Å². The van der Waals surface area contributed by atoms with E-state index in [9.17, 15) is 9.59 Å². The molecule has 0 N–H and O–H groups in total. The third-order valence-electron chi connectivity index (χ3n) is 4.57. The summed E-state index contributed by atoms with van der Waals surface area (Å²) in [6.07, 6.45) is 2.68. The Balaban J connectivity index is 1.52.